The molecule has 0 fully saturated rings. The minimum Gasteiger partial charge on any atom is -0.493 e. The molecule has 0 aliphatic rings. The molecule has 0 unspecified atom stereocenters. The Hall–Kier alpha value is -0.800. The average molecular weight is 274 g/mol. The highest BCUT2D eigenvalue weighted by atomic mass is 35.5. The Kier molecular flexibility index (Phi) is 5.89. The molecule has 2 nitrogen and oxygen atoms in total. The van der Waals surface area contributed by atoms with E-state index in [0.29, 0.717) is 18.9 Å². The van der Waals surface area contributed by atoms with E-state index < -0.39 is 5.82 Å². The summed E-state index contributed by atoms with van der Waals surface area (Å²) in [6, 6.07) is 4.49. The molecule has 4 heteroatoms. The standard InChI is InChI=1S/C14H21ClFNO/c1-14(2,10-17)7-3-4-8-18-11-5-6-12(15)13(16)9-11/h5-6,9H,3-4,7-8,10,17H2,1-2H3. The summed E-state index contributed by atoms with van der Waals surface area (Å²) < 4.78 is 18.6. The van der Waals surface area contributed by atoms with Crippen molar-refractivity contribution in [1.29, 1.82) is 0 Å². The van der Waals surface area contributed by atoms with Gasteiger partial charge < -0.3 is 10.5 Å². The van der Waals surface area contributed by atoms with E-state index >= 15 is 0 Å². The lowest BCUT2D eigenvalue weighted by Crippen LogP contribution is -2.23. The highest BCUT2D eigenvalue weighted by molar-refractivity contribution is 6.30. The van der Waals surface area contributed by atoms with Gasteiger partial charge in [0.25, 0.3) is 0 Å². The highest BCUT2D eigenvalue weighted by Crippen LogP contribution is 2.22. The summed E-state index contributed by atoms with van der Waals surface area (Å²) >= 11 is 5.59. The summed E-state index contributed by atoms with van der Waals surface area (Å²) in [6.45, 7) is 5.59. The molecule has 2 N–H and O–H groups in total. The van der Waals surface area contributed by atoms with Crippen molar-refractivity contribution in [2.24, 2.45) is 11.1 Å². The monoisotopic (exact) mass is 273 g/mol. The topological polar surface area (TPSA) is 35.2 Å². The van der Waals surface area contributed by atoms with Crippen LogP contribution in [0.2, 0.25) is 5.02 Å². The lowest BCUT2D eigenvalue weighted by atomic mass is 9.87. The van der Waals surface area contributed by atoms with Gasteiger partial charge in [-0.2, -0.15) is 0 Å². The molecule has 0 spiro atoms. The van der Waals surface area contributed by atoms with Crippen molar-refractivity contribution in [3.63, 3.8) is 0 Å². The Morgan fingerprint density at radius 3 is 2.67 bits per heavy atom. The van der Waals surface area contributed by atoms with Crippen LogP contribution in [0.5, 0.6) is 5.75 Å². The maximum atomic E-state index is 13.1. The van der Waals surface area contributed by atoms with E-state index in [9.17, 15) is 4.39 Å². The maximum absolute atomic E-state index is 13.1. The van der Waals surface area contributed by atoms with E-state index in [-0.39, 0.29) is 10.4 Å². The first-order valence-corrected chi connectivity index (χ1v) is 6.60. The van der Waals surface area contributed by atoms with Gasteiger partial charge in [0, 0.05) is 6.07 Å². The molecule has 0 saturated heterocycles. The van der Waals surface area contributed by atoms with Gasteiger partial charge in [-0.3, -0.25) is 0 Å². The summed E-state index contributed by atoms with van der Waals surface area (Å²) in [4.78, 5) is 0. The average Bonchev–Trinajstić information content (AvgIpc) is 2.33. The van der Waals surface area contributed by atoms with E-state index in [1.165, 1.54) is 12.1 Å². The first-order chi connectivity index (χ1) is 8.44. The second-order valence-corrected chi connectivity index (χ2v) is 5.66. The SMILES string of the molecule is CC(C)(CN)CCCCOc1ccc(Cl)c(F)c1. The molecule has 0 saturated carbocycles. The van der Waals surface area contributed by atoms with Crippen LogP contribution in [0.15, 0.2) is 18.2 Å². The first kappa shape index (κ1) is 15.3. The van der Waals surface area contributed by atoms with Crippen LogP contribution in [-0.2, 0) is 0 Å². The van der Waals surface area contributed by atoms with E-state index in [4.69, 9.17) is 22.1 Å². The quantitative estimate of drug-likeness (QED) is 0.762. The van der Waals surface area contributed by atoms with Gasteiger partial charge in [-0.15, -0.1) is 0 Å². The normalized spacial score (nSPS) is 11.6. The Bertz CT molecular complexity index is 382. The molecule has 1 aromatic carbocycles. The van der Waals surface area contributed by atoms with E-state index in [1.807, 2.05) is 0 Å². The third kappa shape index (κ3) is 5.23. The zero-order valence-corrected chi connectivity index (χ0v) is 11.8. The maximum Gasteiger partial charge on any atom is 0.145 e. The van der Waals surface area contributed by atoms with Gasteiger partial charge in [0.05, 0.1) is 11.6 Å². The lowest BCUT2D eigenvalue weighted by molar-refractivity contribution is 0.278. The Morgan fingerprint density at radius 2 is 2.06 bits per heavy atom. The molecule has 0 aromatic heterocycles. The second kappa shape index (κ2) is 6.95. The number of halogens is 2. The molecular formula is C14H21ClFNO. The third-order valence-electron chi connectivity index (χ3n) is 2.96. The third-order valence-corrected chi connectivity index (χ3v) is 3.27. The molecule has 1 rings (SSSR count). The molecule has 0 radical (unpaired) electrons. The largest absolute Gasteiger partial charge is 0.493 e. The van der Waals surface area contributed by atoms with Crippen molar-refractivity contribution >= 4 is 11.6 Å². The molecule has 0 aliphatic heterocycles. The summed E-state index contributed by atoms with van der Waals surface area (Å²) in [7, 11) is 0. The van der Waals surface area contributed by atoms with Crippen molar-refractivity contribution in [3.8, 4) is 5.75 Å². The van der Waals surface area contributed by atoms with Crippen LogP contribution in [0.3, 0.4) is 0 Å². The molecule has 0 aliphatic carbocycles. The summed E-state index contributed by atoms with van der Waals surface area (Å²) in [5.41, 5.74) is 5.84. The molecule has 0 amide bonds. The van der Waals surface area contributed by atoms with Gasteiger partial charge in [0.15, 0.2) is 0 Å². The lowest BCUT2D eigenvalue weighted by Gasteiger charge is -2.21. The van der Waals surface area contributed by atoms with E-state index in [2.05, 4.69) is 13.8 Å². The van der Waals surface area contributed by atoms with Crippen LogP contribution in [0.4, 0.5) is 4.39 Å². The fourth-order valence-electron chi connectivity index (χ4n) is 1.56. The van der Waals surface area contributed by atoms with Crippen molar-refractivity contribution in [3.05, 3.63) is 29.0 Å². The molecule has 0 heterocycles. The minimum absolute atomic E-state index is 0.118. The molecule has 102 valence electrons. The van der Waals surface area contributed by atoms with Gasteiger partial charge in [-0.25, -0.2) is 4.39 Å². The number of benzene rings is 1. The van der Waals surface area contributed by atoms with Crippen LogP contribution < -0.4 is 10.5 Å². The summed E-state index contributed by atoms with van der Waals surface area (Å²) in [5.74, 6) is 0.0772. The number of ether oxygens (including phenoxy) is 1. The Labute approximate surface area is 113 Å². The van der Waals surface area contributed by atoms with Crippen molar-refractivity contribution in [2.45, 2.75) is 33.1 Å². The zero-order valence-electron chi connectivity index (χ0n) is 11.0. The fraction of sp³-hybridized carbons (Fsp3) is 0.571. The van der Waals surface area contributed by atoms with Crippen LogP contribution in [0, 0.1) is 11.2 Å². The van der Waals surface area contributed by atoms with Gasteiger partial charge in [-0.05, 0) is 43.4 Å². The van der Waals surface area contributed by atoms with Gasteiger partial charge >= 0.3 is 0 Å². The molecule has 1 aromatic rings. The van der Waals surface area contributed by atoms with E-state index in [0.717, 1.165) is 19.3 Å². The molecule has 0 atom stereocenters. The highest BCUT2D eigenvalue weighted by Gasteiger charge is 2.14. The summed E-state index contributed by atoms with van der Waals surface area (Å²) in [5, 5.41) is 0.118. The molecule has 0 bridgehead atoms. The number of hydrogen-bond acceptors (Lipinski definition) is 2. The van der Waals surface area contributed by atoms with Crippen LogP contribution in [0.1, 0.15) is 33.1 Å². The predicted octanol–water partition coefficient (Wildman–Crippen LogP) is 4.01. The zero-order chi connectivity index (χ0) is 13.6. The van der Waals surface area contributed by atoms with Gasteiger partial charge in [0.2, 0.25) is 0 Å². The van der Waals surface area contributed by atoms with Gasteiger partial charge in [-0.1, -0.05) is 25.4 Å². The predicted molar refractivity (Wildman–Crippen MR) is 73.6 cm³/mol. The number of nitrogens with two attached hydrogens (primary N) is 1. The van der Waals surface area contributed by atoms with E-state index in [1.54, 1.807) is 6.07 Å². The number of rotatable bonds is 7. The Morgan fingerprint density at radius 1 is 1.33 bits per heavy atom. The van der Waals surface area contributed by atoms with Crippen molar-refractivity contribution < 1.29 is 9.13 Å². The summed E-state index contributed by atoms with van der Waals surface area (Å²) in [6.07, 6.45) is 3.07. The molecular weight excluding hydrogens is 253 g/mol. The minimum atomic E-state index is -0.446. The fourth-order valence-corrected chi connectivity index (χ4v) is 1.68. The van der Waals surface area contributed by atoms with Crippen LogP contribution >= 0.6 is 11.6 Å². The van der Waals surface area contributed by atoms with Crippen LogP contribution in [0.25, 0.3) is 0 Å². The van der Waals surface area contributed by atoms with Crippen molar-refractivity contribution in [2.75, 3.05) is 13.2 Å². The first-order valence-electron chi connectivity index (χ1n) is 6.22. The smallest absolute Gasteiger partial charge is 0.145 e. The Balaban J connectivity index is 2.24. The number of hydrogen-bond donors (Lipinski definition) is 1. The van der Waals surface area contributed by atoms with Crippen molar-refractivity contribution in [1.82, 2.24) is 0 Å². The second-order valence-electron chi connectivity index (χ2n) is 5.25. The van der Waals surface area contributed by atoms with Crippen LogP contribution in [-0.4, -0.2) is 13.2 Å². The van der Waals surface area contributed by atoms with Gasteiger partial charge in [0.1, 0.15) is 11.6 Å². The molecule has 18 heavy (non-hydrogen) atoms. The number of unbranched alkanes of at least 4 members (excludes halogenated alkanes) is 1.